The fraction of sp³-hybridized carbons (Fsp3) is 0.600. The van der Waals surface area contributed by atoms with Crippen LogP contribution >= 0.6 is 0 Å². The molecular weight excluding hydrogens is 342 g/mol. The zero-order valence-electron chi connectivity index (χ0n) is 17.0. The van der Waals surface area contributed by atoms with Crippen LogP contribution < -0.4 is 20.3 Å². The first-order valence-electron chi connectivity index (χ1n) is 9.75. The van der Waals surface area contributed by atoms with Gasteiger partial charge < -0.3 is 25.2 Å². The first-order chi connectivity index (χ1) is 13.0. The first kappa shape index (κ1) is 20.9. The van der Waals surface area contributed by atoms with Crippen molar-refractivity contribution in [3.63, 3.8) is 0 Å². The number of carbonyl (C=O) groups excluding carboxylic acids is 1. The molecule has 0 aromatic heterocycles. The lowest BCUT2D eigenvalue weighted by Crippen LogP contribution is -2.52. The highest BCUT2D eigenvalue weighted by Gasteiger charge is 2.20. The highest BCUT2D eigenvalue weighted by molar-refractivity contribution is 5.81. The summed E-state index contributed by atoms with van der Waals surface area (Å²) >= 11 is 0. The van der Waals surface area contributed by atoms with Crippen LogP contribution in [0.2, 0.25) is 0 Å². The van der Waals surface area contributed by atoms with Crippen LogP contribution in [0.3, 0.4) is 0 Å². The van der Waals surface area contributed by atoms with Crippen molar-refractivity contribution >= 4 is 17.6 Å². The van der Waals surface area contributed by atoms with Crippen molar-refractivity contribution in [1.82, 2.24) is 15.5 Å². The third-order valence-electron chi connectivity index (χ3n) is 4.38. The Balaban J connectivity index is 1.90. The summed E-state index contributed by atoms with van der Waals surface area (Å²) in [5.74, 6) is 1.82. The first-order valence-corrected chi connectivity index (χ1v) is 9.75. The fourth-order valence-corrected chi connectivity index (χ4v) is 3.07. The molecule has 1 aliphatic heterocycles. The van der Waals surface area contributed by atoms with Gasteiger partial charge in [-0.3, -0.25) is 9.79 Å². The van der Waals surface area contributed by atoms with Gasteiger partial charge in [-0.1, -0.05) is 6.07 Å². The minimum atomic E-state index is 0.0486. The number of benzene rings is 1. The van der Waals surface area contributed by atoms with Crippen LogP contribution in [0.15, 0.2) is 29.3 Å². The number of ether oxygens (including phenoxy) is 1. The number of piperazine rings is 1. The van der Waals surface area contributed by atoms with Crippen LogP contribution in [0.1, 0.15) is 27.2 Å². The Morgan fingerprint density at radius 1 is 1.26 bits per heavy atom. The molecule has 1 aromatic carbocycles. The van der Waals surface area contributed by atoms with Gasteiger partial charge in [0.25, 0.3) is 0 Å². The number of nitrogens with one attached hydrogen (secondary N) is 2. The molecule has 1 fully saturated rings. The topological polar surface area (TPSA) is 69.2 Å². The molecule has 0 radical (unpaired) electrons. The predicted octanol–water partition coefficient (Wildman–Crippen LogP) is 1.70. The number of methoxy groups -OCH3 is 1. The Morgan fingerprint density at radius 3 is 2.63 bits per heavy atom. The molecule has 1 heterocycles. The van der Waals surface area contributed by atoms with E-state index in [9.17, 15) is 4.79 Å². The van der Waals surface area contributed by atoms with Gasteiger partial charge in [0.05, 0.1) is 13.7 Å². The van der Waals surface area contributed by atoms with Gasteiger partial charge >= 0.3 is 0 Å². The summed E-state index contributed by atoms with van der Waals surface area (Å²) in [6.45, 7) is 10.9. The van der Waals surface area contributed by atoms with Crippen LogP contribution in [0.5, 0.6) is 5.75 Å². The number of amides is 1. The zero-order valence-corrected chi connectivity index (χ0v) is 17.0. The van der Waals surface area contributed by atoms with Gasteiger partial charge in [0, 0.05) is 56.9 Å². The van der Waals surface area contributed by atoms with Crippen molar-refractivity contribution in [1.29, 1.82) is 0 Å². The normalized spacial score (nSPS) is 15.1. The Morgan fingerprint density at radius 2 is 2.00 bits per heavy atom. The van der Waals surface area contributed by atoms with E-state index in [1.54, 1.807) is 7.11 Å². The lowest BCUT2D eigenvalue weighted by Gasteiger charge is -2.37. The zero-order chi connectivity index (χ0) is 19.6. The van der Waals surface area contributed by atoms with Crippen LogP contribution in [0.25, 0.3) is 0 Å². The summed E-state index contributed by atoms with van der Waals surface area (Å²) < 4.78 is 5.33. The van der Waals surface area contributed by atoms with Gasteiger partial charge in [0.1, 0.15) is 5.75 Å². The predicted molar refractivity (Wildman–Crippen MR) is 111 cm³/mol. The standard InChI is InChI=1S/C20H33N5O2/c1-5-21-20(22-10-9-19(26)23-16(2)3)25-13-11-24(12-14-25)17-7-6-8-18(15-17)27-4/h6-8,15-16H,5,9-14H2,1-4H3,(H,21,22)(H,23,26). The summed E-state index contributed by atoms with van der Waals surface area (Å²) in [6.07, 6.45) is 0.414. The van der Waals surface area contributed by atoms with Crippen LogP contribution in [-0.4, -0.2) is 69.2 Å². The summed E-state index contributed by atoms with van der Waals surface area (Å²) in [7, 11) is 1.69. The van der Waals surface area contributed by atoms with Gasteiger partial charge in [-0.25, -0.2) is 0 Å². The summed E-state index contributed by atoms with van der Waals surface area (Å²) in [4.78, 5) is 21.1. The summed E-state index contributed by atoms with van der Waals surface area (Å²) in [6, 6.07) is 8.34. The molecule has 2 N–H and O–H groups in total. The molecule has 7 nitrogen and oxygen atoms in total. The number of nitrogens with zero attached hydrogens (tertiary/aromatic N) is 3. The molecule has 0 aliphatic carbocycles. The third-order valence-corrected chi connectivity index (χ3v) is 4.38. The molecule has 1 aromatic rings. The lowest BCUT2D eigenvalue weighted by molar-refractivity contribution is -0.121. The number of hydrogen-bond acceptors (Lipinski definition) is 4. The van der Waals surface area contributed by atoms with E-state index in [0.29, 0.717) is 13.0 Å². The molecule has 0 saturated carbocycles. The molecular formula is C20H33N5O2. The maximum absolute atomic E-state index is 11.8. The number of hydrogen-bond donors (Lipinski definition) is 2. The van der Waals surface area contributed by atoms with Gasteiger partial charge in [-0.05, 0) is 32.9 Å². The molecule has 0 bridgehead atoms. The SMILES string of the molecule is CCNC(=NCCC(=O)NC(C)C)N1CCN(c2cccc(OC)c2)CC1. The third kappa shape index (κ3) is 6.66. The minimum Gasteiger partial charge on any atom is -0.497 e. The number of guanidine groups is 1. The van der Waals surface area contributed by atoms with Crippen LogP contribution in [-0.2, 0) is 4.79 Å². The second-order valence-corrected chi connectivity index (χ2v) is 6.88. The smallest absolute Gasteiger partial charge is 0.222 e. The molecule has 7 heteroatoms. The van der Waals surface area contributed by atoms with Gasteiger partial charge in [-0.15, -0.1) is 0 Å². The second kappa shape index (κ2) is 10.6. The van der Waals surface area contributed by atoms with Crippen LogP contribution in [0.4, 0.5) is 5.69 Å². The van der Waals surface area contributed by atoms with Crippen LogP contribution in [0, 0.1) is 0 Å². The highest BCUT2D eigenvalue weighted by Crippen LogP contribution is 2.22. The average Bonchev–Trinajstić information content (AvgIpc) is 2.67. The van der Waals surface area contributed by atoms with Crippen molar-refractivity contribution < 1.29 is 9.53 Å². The molecule has 150 valence electrons. The summed E-state index contributed by atoms with van der Waals surface area (Å²) in [5, 5.41) is 6.25. The molecule has 1 aliphatic rings. The highest BCUT2D eigenvalue weighted by atomic mass is 16.5. The molecule has 1 amide bonds. The van der Waals surface area contributed by atoms with Gasteiger partial charge in [-0.2, -0.15) is 0 Å². The van der Waals surface area contributed by atoms with E-state index in [1.807, 2.05) is 26.0 Å². The van der Waals surface area contributed by atoms with E-state index >= 15 is 0 Å². The second-order valence-electron chi connectivity index (χ2n) is 6.88. The van der Waals surface area contributed by atoms with Crippen molar-refractivity contribution in [3.05, 3.63) is 24.3 Å². The van der Waals surface area contributed by atoms with Gasteiger partial charge in [0.2, 0.25) is 5.91 Å². The number of aliphatic imine (C=N–C) groups is 1. The van der Waals surface area contributed by atoms with E-state index in [0.717, 1.165) is 44.4 Å². The Kier molecular flexibility index (Phi) is 8.23. The maximum Gasteiger partial charge on any atom is 0.222 e. The maximum atomic E-state index is 11.8. The number of anilines is 1. The van der Waals surface area contributed by atoms with E-state index < -0.39 is 0 Å². The van der Waals surface area contributed by atoms with Crippen molar-refractivity contribution in [2.45, 2.75) is 33.2 Å². The molecule has 0 spiro atoms. The average molecular weight is 376 g/mol. The van der Waals surface area contributed by atoms with Crippen molar-refractivity contribution in [2.24, 2.45) is 4.99 Å². The van der Waals surface area contributed by atoms with E-state index in [4.69, 9.17) is 4.74 Å². The molecule has 1 saturated heterocycles. The van der Waals surface area contributed by atoms with E-state index in [-0.39, 0.29) is 11.9 Å². The van der Waals surface area contributed by atoms with E-state index in [2.05, 4.69) is 44.5 Å². The van der Waals surface area contributed by atoms with E-state index in [1.165, 1.54) is 5.69 Å². The monoisotopic (exact) mass is 375 g/mol. The Labute approximate surface area is 162 Å². The fourth-order valence-electron chi connectivity index (χ4n) is 3.07. The number of carbonyl (C=O) groups is 1. The molecule has 27 heavy (non-hydrogen) atoms. The number of rotatable bonds is 7. The van der Waals surface area contributed by atoms with Crippen molar-refractivity contribution in [3.8, 4) is 5.75 Å². The molecule has 0 unspecified atom stereocenters. The Hall–Kier alpha value is -2.44. The largest absolute Gasteiger partial charge is 0.497 e. The minimum absolute atomic E-state index is 0.0486. The quantitative estimate of drug-likeness (QED) is 0.561. The van der Waals surface area contributed by atoms with Crippen molar-refractivity contribution in [2.75, 3.05) is 51.3 Å². The van der Waals surface area contributed by atoms with Gasteiger partial charge in [0.15, 0.2) is 5.96 Å². The Bertz CT molecular complexity index is 625. The molecule has 0 atom stereocenters. The summed E-state index contributed by atoms with van der Waals surface area (Å²) in [5.41, 5.74) is 1.18. The molecule has 2 rings (SSSR count). The lowest BCUT2D eigenvalue weighted by atomic mass is 10.2.